The van der Waals surface area contributed by atoms with E-state index < -0.39 is 0 Å². The summed E-state index contributed by atoms with van der Waals surface area (Å²) in [7, 11) is 2.20. The first kappa shape index (κ1) is 12.0. The van der Waals surface area contributed by atoms with Crippen LogP contribution in [-0.2, 0) is 0 Å². The van der Waals surface area contributed by atoms with E-state index in [0.29, 0.717) is 6.61 Å². The van der Waals surface area contributed by atoms with Gasteiger partial charge < -0.3 is 15.3 Å². The molecule has 0 aromatic rings. The van der Waals surface area contributed by atoms with Crippen molar-refractivity contribution in [3.8, 4) is 0 Å². The van der Waals surface area contributed by atoms with Crippen molar-refractivity contribution in [3.05, 3.63) is 0 Å². The summed E-state index contributed by atoms with van der Waals surface area (Å²) in [6, 6.07) is 0. The zero-order chi connectivity index (χ0) is 10.2. The Kier molecular flexibility index (Phi) is 6.15. The quantitative estimate of drug-likeness (QED) is 0.619. The Labute approximate surface area is 87.5 Å². The zero-order valence-electron chi connectivity index (χ0n) is 9.34. The fourth-order valence-electron chi connectivity index (χ4n) is 1.93. The van der Waals surface area contributed by atoms with Crippen molar-refractivity contribution in [3.63, 3.8) is 0 Å². The van der Waals surface area contributed by atoms with Crippen LogP contribution in [0.2, 0.25) is 0 Å². The third-order valence-electron chi connectivity index (χ3n) is 3.03. The van der Waals surface area contributed by atoms with Gasteiger partial charge in [0, 0.05) is 6.61 Å². The Morgan fingerprint density at radius 2 is 2.00 bits per heavy atom. The van der Waals surface area contributed by atoms with Gasteiger partial charge in [0.25, 0.3) is 0 Å². The maximum Gasteiger partial charge on any atom is 0.0431 e. The Hall–Kier alpha value is -0.120. The molecule has 0 aromatic heterocycles. The van der Waals surface area contributed by atoms with Gasteiger partial charge in [-0.2, -0.15) is 0 Å². The number of hydrogen-bond donors (Lipinski definition) is 2. The number of likely N-dealkylation sites (tertiary alicyclic amines) is 1. The van der Waals surface area contributed by atoms with Gasteiger partial charge in [0.1, 0.15) is 0 Å². The number of aliphatic hydroxyl groups is 1. The molecule has 0 radical (unpaired) electrons. The molecule has 0 unspecified atom stereocenters. The molecule has 0 aliphatic carbocycles. The van der Waals surface area contributed by atoms with Crippen molar-refractivity contribution in [1.29, 1.82) is 0 Å². The van der Waals surface area contributed by atoms with Crippen LogP contribution in [0.3, 0.4) is 0 Å². The topological polar surface area (TPSA) is 35.5 Å². The summed E-state index contributed by atoms with van der Waals surface area (Å²) in [4.78, 5) is 2.41. The molecule has 0 spiro atoms. The van der Waals surface area contributed by atoms with Crippen LogP contribution in [0.1, 0.15) is 25.7 Å². The van der Waals surface area contributed by atoms with Crippen molar-refractivity contribution in [2.75, 3.05) is 39.8 Å². The number of piperidine rings is 1. The zero-order valence-corrected chi connectivity index (χ0v) is 9.34. The number of hydrogen-bond acceptors (Lipinski definition) is 3. The first-order chi connectivity index (χ1) is 6.83. The summed E-state index contributed by atoms with van der Waals surface area (Å²) in [5, 5.41) is 12.1. The lowest BCUT2D eigenvalue weighted by Crippen LogP contribution is -2.35. The lowest BCUT2D eigenvalue weighted by atomic mass is 9.97. The predicted molar refractivity (Wildman–Crippen MR) is 59.4 cm³/mol. The van der Waals surface area contributed by atoms with Crippen molar-refractivity contribution in [2.24, 2.45) is 5.92 Å². The standard InChI is InChI=1S/C11H24N2O/c1-13-7-4-11(5-8-13)10-12-6-2-3-9-14/h11-12,14H,2-10H2,1H3. The summed E-state index contributed by atoms with van der Waals surface area (Å²) < 4.78 is 0. The van der Waals surface area contributed by atoms with E-state index in [9.17, 15) is 0 Å². The number of aliphatic hydroxyl groups excluding tert-OH is 1. The minimum Gasteiger partial charge on any atom is -0.396 e. The minimum absolute atomic E-state index is 0.329. The fraction of sp³-hybridized carbons (Fsp3) is 1.00. The van der Waals surface area contributed by atoms with Gasteiger partial charge in [-0.25, -0.2) is 0 Å². The molecule has 1 saturated heterocycles. The third-order valence-corrected chi connectivity index (χ3v) is 3.03. The summed E-state index contributed by atoms with van der Waals surface area (Å²) >= 11 is 0. The molecule has 3 heteroatoms. The van der Waals surface area contributed by atoms with Crippen molar-refractivity contribution in [2.45, 2.75) is 25.7 Å². The smallest absolute Gasteiger partial charge is 0.0431 e. The average molecular weight is 200 g/mol. The van der Waals surface area contributed by atoms with Crippen LogP contribution in [-0.4, -0.2) is 49.8 Å². The Morgan fingerprint density at radius 3 is 2.64 bits per heavy atom. The monoisotopic (exact) mass is 200 g/mol. The first-order valence-corrected chi connectivity index (χ1v) is 5.83. The highest BCUT2D eigenvalue weighted by Crippen LogP contribution is 2.14. The molecule has 1 rings (SSSR count). The highest BCUT2D eigenvalue weighted by molar-refractivity contribution is 4.71. The summed E-state index contributed by atoms with van der Waals surface area (Å²) in [6.45, 7) is 5.06. The predicted octanol–water partition coefficient (Wildman–Crippen LogP) is 0.690. The number of nitrogens with zero attached hydrogens (tertiary/aromatic N) is 1. The van der Waals surface area contributed by atoms with Gasteiger partial charge in [0.15, 0.2) is 0 Å². The molecule has 1 heterocycles. The van der Waals surface area contributed by atoms with Crippen LogP contribution in [0.15, 0.2) is 0 Å². The van der Waals surface area contributed by atoms with E-state index in [4.69, 9.17) is 5.11 Å². The SMILES string of the molecule is CN1CCC(CNCCCCO)CC1. The lowest BCUT2D eigenvalue weighted by Gasteiger charge is -2.29. The molecule has 1 fully saturated rings. The van der Waals surface area contributed by atoms with Crippen LogP contribution in [0, 0.1) is 5.92 Å². The average Bonchev–Trinajstić information content (AvgIpc) is 2.21. The van der Waals surface area contributed by atoms with Crippen LogP contribution >= 0.6 is 0 Å². The molecule has 3 nitrogen and oxygen atoms in total. The molecule has 2 N–H and O–H groups in total. The molecule has 0 bridgehead atoms. The van der Waals surface area contributed by atoms with Gasteiger partial charge >= 0.3 is 0 Å². The second-order valence-electron chi connectivity index (χ2n) is 4.38. The number of rotatable bonds is 6. The molecule has 14 heavy (non-hydrogen) atoms. The lowest BCUT2D eigenvalue weighted by molar-refractivity contribution is 0.215. The number of unbranched alkanes of at least 4 members (excludes halogenated alkanes) is 1. The van der Waals surface area contributed by atoms with Gasteiger partial charge in [0.05, 0.1) is 0 Å². The largest absolute Gasteiger partial charge is 0.396 e. The Morgan fingerprint density at radius 1 is 1.29 bits per heavy atom. The van der Waals surface area contributed by atoms with E-state index in [1.807, 2.05) is 0 Å². The summed E-state index contributed by atoms with van der Waals surface area (Å²) in [6.07, 6.45) is 4.70. The highest BCUT2D eigenvalue weighted by Gasteiger charge is 2.15. The van der Waals surface area contributed by atoms with E-state index in [0.717, 1.165) is 25.3 Å². The first-order valence-electron chi connectivity index (χ1n) is 5.83. The van der Waals surface area contributed by atoms with E-state index >= 15 is 0 Å². The minimum atomic E-state index is 0.329. The van der Waals surface area contributed by atoms with Crippen molar-refractivity contribution < 1.29 is 5.11 Å². The maximum atomic E-state index is 8.61. The normalized spacial score (nSPS) is 20.1. The van der Waals surface area contributed by atoms with Gasteiger partial charge in [-0.05, 0) is 64.8 Å². The van der Waals surface area contributed by atoms with Gasteiger partial charge in [-0.15, -0.1) is 0 Å². The summed E-state index contributed by atoms with van der Waals surface area (Å²) in [5.41, 5.74) is 0. The van der Waals surface area contributed by atoms with Gasteiger partial charge in [-0.1, -0.05) is 0 Å². The molecule has 1 aliphatic rings. The molecular weight excluding hydrogens is 176 g/mol. The molecule has 0 aromatic carbocycles. The van der Waals surface area contributed by atoms with Crippen LogP contribution in [0.25, 0.3) is 0 Å². The third kappa shape index (κ3) is 4.94. The van der Waals surface area contributed by atoms with Gasteiger partial charge in [0.2, 0.25) is 0 Å². The maximum absolute atomic E-state index is 8.61. The molecule has 0 amide bonds. The van der Waals surface area contributed by atoms with Crippen LogP contribution in [0.5, 0.6) is 0 Å². The molecule has 0 atom stereocenters. The van der Waals surface area contributed by atoms with Crippen LogP contribution < -0.4 is 5.32 Å². The molecule has 1 aliphatic heterocycles. The van der Waals surface area contributed by atoms with Crippen molar-refractivity contribution >= 4 is 0 Å². The molecule has 84 valence electrons. The Balaban J connectivity index is 1.91. The highest BCUT2D eigenvalue weighted by atomic mass is 16.2. The van der Waals surface area contributed by atoms with E-state index in [1.165, 1.54) is 32.5 Å². The van der Waals surface area contributed by atoms with Gasteiger partial charge in [-0.3, -0.25) is 0 Å². The van der Waals surface area contributed by atoms with E-state index in [2.05, 4.69) is 17.3 Å². The fourth-order valence-corrected chi connectivity index (χ4v) is 1.93. The summed E-state index contributed by atoms with van der Waals surface area (Å²) in [5.74, 6) is 0.875. The van der Waals surface area contributed by atoms with E-state index in [1.54, 1.807) is 0 Å². The molecule has 0 saturated carbocycles. The number of nitrogens with one attached hydrogen (secondary N) is 1. The molecular formula is C11H24N2O. The van der Waals surface area contributed by atoms with E-state index in [-0.39, 0.29) is 0 Å². The van der Waals surface area contributed by atoms with Crippen LogP contribution in [0.4, 0.5) is 0 Å². The van der Waals surface area contributed by atoms with Crippen molar-refractivity contribution in [1.82, 2.24) is 10.2 Å². The second-order valence-corrected chi connectivity index (χ2v) is 4.38. The Bertz CT molecular complexity index is 133. The second kappa shape index (κ2) is 7.21.